The molecule has 0 heterocycles. The van der Waals surface area contributed by atoms with Crippen LogP contribution in [0.3, 0.4) is 0 Å². The summed E-state index contributed by atoms with van der Waals surface area (Å²) in [5, 5.41) is 13.7. The standard InChI is InChI=1S/C15H19FN2O4/c1-9(19)17-12-8-10(4-5-11(12)16)14(22)18-15(2,3)7-6-13(20)21/h4-5,8H,6-7H2,1-3H3,(H,17,19)(H,18,22)(H,20,21). The maximum absolute atomic E-state index is 13.5. The van der Waals surface area contributed by atoms with E-state index in [1.807, 2.05) is 0 Å². The number of hydrogen-bond acceptors (Lipinski definition) is 3. The van der Waals surface area contributed by atoms with Crippen molar-refractivity contribution in [1.82, 2.24) is 5.32 Å². The summed E-state index contributed by atoms with van der Waals surface area (Å²) in [6, 6.07) is 3.62. The number of hydrogen-bond donors (Lipinski definition) is 3. The van der Waals surface area contributed by atoms with Crippen molar-refractivity contribution in [2.45, 2.75) is 39.2 Å². The van der Waals surface area contributed by atoms with Gasteiger partial charge in [-0.05, 0) is 38.5 Å². The molecule has 120 valence electrons. The molecule has 6 nitrogen and oxygen atoms in total. The van der Waals surface area contributed by atoms with Crippen LogP contribution in [0.2, 0.25) is 0 Å². The molecule has 1 aromatic rings. The number of carbonyl (C=O) groups is 3. The van der Waals surface area contributed by atoms with Gasteiger partial charge in [0.15, 0.2) is 0 Å². The van der Waals surface area contributed by atoms with Gasteiger partial charge in [0.2, 0.25) is 5.91 Å². The predicted molar refractivity (Wildman–Crippen MR) is 79.1 cm³/mol. The lowest BCUT2D eigenvalue weighted by Crippen LogP contribution is -2.43. The van der Waals surface area contributed by atoms with Crippen LogP contribution in [0.25, 0.3) is 0 Å². The molecule has 1 rings (SSSR count). The van der Waals surface area contributed by atoms with Gasteiger partial charge in [0, 0.05) is 24.4 Å². The van der Waals surface area contributed by atoms with E-state index in [9.17, 15) is 18.8 Å². The van der Waals surface area contributed by atoms with E-state index in [4.69, 9.17) is 5.11 Å². The van der Waals surface area contributed by atoms with Crippen molar-refractivity contribution in [1.29, 1.82) is 0 Å². The summed E-state index contributed by atoms with van der Waals surface area (Å²) in [4.78, 5) is 33.7. The molecule has 0 aliphatic heterocycles. The number of anilines is 1. The summed E-state index contributed by atoms with van der Waals surface area (Å²) in [7, 11) is 0. The zero-order valence-electron chi connectivity index (χ0n) is 12.7. The van der Waals surface area contributed by atoms with Crippen LogP contribution >= 0.6 is 0 Å². The first kappa shape index (κ1) is 17.6. The summed E-state index contributed by atoms with van der Waals surface area (Å²) < 4.78 is 13.5. The highest BCUT2D eigenvalue weighted by Gasteiger charge is 2.22. The van der Waals surface area contributed by atoms with Crippen LogP contribution in [0.4, 0.5) is 10.1 Å². The summed E-state index contributed by atoms with van der Waals surface area (Å²) in [5.41, 5.74) is -0.630. The van der Waals surface area contributed by atoms with E-state index in [-0.39, 0.29) is 24.1 Å². The summed E-state index contributed by atoms with van der Waals surface area (Å²) in [6.07, 6.45) is 0.182. The highest BCUT2D eigenvalue weighted by molar-refractivity contribution is 5.97. The van der Waals surface area contributed by atoms with Crippen molar-refractivity contribution < 1.29 is 23.9 Å². The van der Waals surface area contributed by atoms with Crippen LogP contribution in [-0.4, -0.2) is 28.4 Å². The fraction of sp³-hybridized carbons (Fsp3) is 0.400. The van der Waals surface area contributed by atoms with Crippen LogP contribution < -0.4 is 10.6 Å². The predicted octanol–water partition coefficient (Wildman–Crippen LogP) is 2.16. The minimum Gasteiger partial charge on any atom is -0.481 e. The van der Waals surface area contributed by atoms with Crippen molar-refractivity contribution >= 4 is 23.5 Å². The van der Waals surface area contributed by atoms with Crippen molar-refractivity contribution in [2.75, 3.05) is 5.32 Å². The first-order valence-corrected chi connectivity index (χ1v) is 6.72. The maximum atomic E-state index is 13.5. The first-order chi connectivity index (χ1) is 10.1. The molecule has 3 N–H and O–H groups in total. The van der Waals surface area contributed by atoms with E-state index in [1.165, 1.54) is 19.1 Å². The highest BCUT2D eigenvalue weighted by atomic mass is 19.1. The largest absolute Gasteiger partial charge is 0.481 e. The van der Waals surface area contributed by atoms with Crippen molar-refractivity contribution in [3.63, 3.8) is 0 Å². The van der Waals surface area contributed by atoms with E-state index in [0.717, 1.165) is 6.07 Å². The molecule has 0 bridgehead atoms. The van der Waals surface area contributed by atoms with Crippen LogP contribution in [0.15, 0.2) is 18.2 Å². The molecule has 0 aliphatic rings. The molecule has 0 saturated heterocycles. The molecular weight excluding hydrogens is 291 g/mol. The molecule has 2 amide bonds. The second-order valence-electron chi connectivity index (χ2n) is 5.61. The Hall–Kier alpha value is -2.44. The molecule has 0 aliphatic carbocycles. The Bertz CT molecular complexity index is 599. The Morgan fingerprint density at radius 2 is 1.91 bits per heavy atom. The number of carboxylic acid groups (broad SMARTS) is 1. The second kappa shape index (κ2) is 7.02. The lowest BCUT2D eigenvalue weighted by Gasteiger charge is -2.25. The van der Waals surface area contributed by atoms with Crippen LogP contribution in [0.1, 0.15) is 44.0 Å². The average molecular weight is 310 g/mol. The summed E-state index contributed by atoms with van der Waals surface area (Å²) in [5.74, 6) is -2.51. The molecule has 22 heavy (non-hydrogen) atoms. The first-order valence-electron chi connectivity index (χ1n) is 6.72. The zero-order valence-corrected chi connectivity index (χ0v) is 12.7. The van der Waals surface area contributed by atoms with Gasteiger partial charge < -0.3 is 15.7 Å². The third-order valence-corrected chi connectivity index (χ3v) is 2.96. The average Bonchev–Trinajstić information content (AvgIpc) is 2.38. The summed E-state index contributed by atoms with van der Waals surface area (Å²) in [6.45, 7) is 4.64. The minimum absolute atomic E-state index is 0.0756. The van der Waals surface area contributed by atoms with Gasteiger partial charge in [-0.15, -0.1) is 0 Å². The third kappa shape index (κ3) is 5.51. The van der Waals surface area contributed by atoms with E-state index in [0.29, 0.717) is 0 Å². The topological polar surface area (TPSA) is 95.5 Å². The van der Waals surface area contributed by atoms with Crippen molar-refractivity contribution in [2.24, 2.45) is 0 Å². The number of aliphatic carboxylic acids is 1. The smallest absolute Gasteiger partial charge is 0.303 e. The quantitative estimate of drug-likeness (QED) is 0.750. The number of carboxylic acids is 1. The van der Waals surface area contributed by atoms with Crippen LogP contribution in [0, 0.1) is 5.82 Å². The van der Waals surface area contributed by atoms with Gasteiger partial charge in [0.25, 0.3) is 5.91 Å². The SMILES string of the molecule is CC(=O)Nc1cc(C(=O)NC(C)(C)CCC(=O)O)ccc1F. The number of rotatable bonds is 6. The minimum atomic E-state index is -0.947. The Morgan fingerprint density at radius 1 is 1.27 bits per heavy atom. The van der Waals surface area contributed by atoms with Gasteiger partial charge in [-0.2, -0.15) is 0 Å². The molecule has 0 atom stereocenters. The number of amides is 2. The molecule has 0 fully saturated rings. The highest BCUT2D eigenvalue weighted by Crippen LogP contribution is 2.18. The van der Waals surface area contributed by atoms with Gasteiger partial charge in [-0.1, -0.05) is 0 Å². The van der Waals surface area contributed by atoms with E-state index >= 15 is 0 Å². The normalized spacial score (nSPS) is 10.9. The Balaban J connectivity index is 2.85. The van der Waals surface area contributed by atoms with Gasteiger partial charge >= 0.3 is 5.97 Å². The Kier molecular flexibility index (Phi) is 5.62. The van der Waals surface area contributed by atoms with Crippen molar-refractivity contribution in [3.05, 3.63) is 29.6 Å². The van der Waals surface area contributed by atoms with E-state index in [2.05, 4.69) is 10.6 Å². The molecule has 0 saturated carbocycles. The maximum Gasteiger partial charge on any atom is 0.303 e. The Morgan fingerprint density at radius 3 is 2.45 bits per heavy atom. The lowest BCUT2D eigenvalue weighted by atomic mass is 9.97. The zero-order chi connectivity index (χ0) is 16.9. The molecule has 0 radical (unpaired) electrons. The van der Waals surface area contributed by atoms with Crippen LogP contribution in [-0.2, 0) is 9.59 Å². The van der Waals surface area contributed by atoms with E-state index in [1.54, 1.807) is 13.8 Å². The number of halogens is 1. The number of nitrogens with one attached hydrogen (secondary N) is 2. The molecule has 1 aromatic carbocycles. The van der Waals surface area contributed by atoms with E-state index < -0.39 is 29.1 Å². The number of benzene rings is 1. The second-order valence-corrected chi connectivity index (χ2v) is 5.61. The Labute approximate surface area is 127 Å². The monoisotopic (exact) mass is 310 g/mol. The fourth-order valence-corrected chi connectivity index (χ4v) is 1.81. The molecule has 7 heteroatoms. The van der Waals surface area contributed by atoms with Gasteiger partial charge in [0.1, 0.15) is 5.82 Å². The molecule has 0 spiro atoms. The van der Waals surface area contributed by atoms with Gasteiger partial charge in [-0.3, -0.25) is 14.4 Å². The molecule has 0 unspecified atom stereocenters. The fourth-order valence-electron chi connectivity index (χ4n) is 1.81. The van der Waals surface area contributed by atoms with Gasteiger partial charge in [-0.25, -0.2) is 4.39 Å². The van der Waals surface area contributed by atoms with Crippen LogP contribution in [0.5, 0.6) is 0 Å². The summed E-state index contributed by atoms with van der Waals surface area (Å²) >= 11 is 0. The third-order valence-electron chi connectivity index (χ3n) is 2.96. The number of carbonyl (C=O) groups excluding carboxylic acids is 2. The molecular formula is C15H19FN2O4. The van der Waals surface area contributed by atoms with Gasteiger partial charge in [0.05, 0.1) is 5.69 Å². The lowest BCUT2D eigenvalue weighted by molar-refractivity contribution is -0.137. The van der Waals surface area contributed by atoms with Crippen molar-refractivity contribution in [3.8, 4) is 0 Å². The molecule has 0 aromatic heterocycles.